The molecule has 2 nitrogen and oxygen atoms in total. The summed E-state index contributed by atoms with van der Waals surface area (Å²) in [5, 5.41) is 0. The number of nitrogens with two attached hydrogens (primary N) is 2. The van der Waals surface area contributed by atoms with Gasteiger partial charge in [-0.15, -0.1) is 0 Å². The van der Waals surface area contributed by atoms with Gasteiger partial charge in [-0.2, -0.15) is 11.8 Å². The molecular weight excluding hydrogens is 144 g/mol. The molecule has 4 N–H and O–H groups in total. The van der Waals surface area contributed by atoms with Crippen molar-refractivity contribution in [3.63, 3.8) is 0 Å². The summed E-state index contributed by atoms with van der Waals surface area (Å²) in [4.78, 5) is 0. The van der Waals surface area contributed by atoms with Crippen molar-refractivity contribution >= 4 is 11.8 Å². The Morgan fingerprint density at radius 2 is 2.00 bits per heavy atom. The Morgan fingerprint density at radius 1 is 1.40 bits per heavy atom. The maximum atomic E-state index is 5.81. The molecule has 1 atom stereocenters. The van der Waals surface area contributed by atoms with Gasteiger partial charge in [-0.25, -0.2) is 0 Å². The van der Waals surface area contributed by atoms with E-state index in [1.165, 1.54) is 24.3 Å². The lowest BCUT2D eigenvalue weighted by Gasteiger charge is -2.25. The van der Waals surface area contributed by atoms with Gasteiger partial charge >= 0.3 is 0 Å². The first kappa shape index (κ1) is 8.37. The number of thioether (sulfide) groups is 1. The van der Waals surface area contributed by atoms with Crippen LogP contribution in [0.1, 0.15) is 12.8 Å². The van der Waals surface area contributed by atoms with E-state index in [0.29, 0.717) is 12.5 Å². The molecule has 1 aliphatic rings. The molecule has 1 aliphatic heterocycles. The van der Waals surface area contributed by atoms with Gasteiger partial charge in [-0.05, 0) is 30.3 Å². The van der Waals surface area contributed by atoms with Gasteiger partial charge in [0.1, 0.15) is 0 Å². The van der Waals surface area contributed by atoms with E-state index >= 15 is 0 Å². The third kappa shape index (κ3) is 2.15. The zero-order chi connectivity index (χ0) is 7.40. The van der Waals surface area contributed by atoms with Crippen molar-refractivity contribution in [3.8, 4) is 0 Å². The minimum Gasteiger partial charge on any atom is -0.329 e. The van der Waals surface area contributed by atoms with Crippen molar-refractivity contribution in [1.82, 2.24) is 0 Å². The second kappa shape index (κ2) is 4.21. The molecule has 1 fully saturated rings. The zero-order valence-corrected chi connectivity index (χ0v) is 7.07. The van der Waals surface area contributed by atoms with Gasteiger partial charge in [0.25, 0.3) is 0 Å². The maximum Gasteiger partial charge on any atom is 0.0192 e. The summed E-state index contributed by atoms with van der Waals surface area (Å²) in [6.45, 7) is 0.648. The molecule has 10 heavy (non-hydrogen) atoms. The molecule has 0 aliphatic carbocycles. The minimum atomic E-state index is 0.251. The third-order valence-corrected chi connectivity index (χ3v) is 3.19. The van der Waals surface area contributed by atoms with Crippen molar-refractivity contribution in [2.45, 2.75) is 18.9 Å². The number of hydrogen-bond donors (Lipinski definition) is 2. The van der Waals surface area contributed by atoms with Gasteiger partial charge in [0.2, 0.25) is 0 Å². The van der Waals surface area contributed by atoms with Crippen LogP contribution in [-0.2, 0) is 0 Å². The smallest absolute Gasteiger partial charge is 0.0192 e. The largest absolute Gasteiger partial charge is 0.329 e. The van der Waals surface area contributed by atoms with Crippen LogP contribution in [0.2, 0.25) is 0 Å². The van der Waals surface area contributed by atoms with Crippen molar-refractivity contribution in [2.24, 2.45) is 17.4 Å². The van der Waals surface area contributed by atoms with E-state index in [1.807, 2.05) is 11.8 Å². The highest BCUT2D eigenvalue weighted by atomic mass is 32.2. The molecule has 0 aromatic heterocycles. The lowest BCUT2D eigenvalue weighted by Crippen LogP contribution is -2.38. The Labute approximate surface area is 66.7 Å². The summed E-state index contributed by atoms with van der Waals surface area (Å²) >= 11 is 2.03. The number of rotatable bonds is 2. The molecular formula is C7H16N2S. The summed E-state index contributed by atoms with van der Waals surface area (Å²) in [7, 11) is 0. The van der Waals surface area contributed by atoms with Crippen LogP contribution in [0.25, 0.3) is 0 Å². The van der Waals surface area contributed by atoms with E-state index in [2.05, 4.69) is 0 Å². The predicted molar refractivity (Wildman–Crippen MR) is 47.1 cm³/mol. The SMILES string of the molecule is NCC(N)C1CCSCC1. The fourth-order valence-corrected chi connectivity index (χ4v) is 2.48. The number of hydrogen-bond acceptors (Lipinski definition) is 3. The highest BCUT2D eigenvalue weighted by Crippen LogP contribution is 2.23. The van der Waals surface area contributed by atoms with E-state index in [9.17, 15) is 0 Å². The summed E-state index contributed by atoms with van der Waals surface area (Å²) < 4.78 is 0. The van der Waals surface area contributed by atoms with Crippen LogP contribution in [0.15, 0.2) is 0 Å². The van der Waals surface area contributed by atoms with Gasteiger partial charge in [-0.1, -0.05) is 0 Å². The Balaban J connectivity index is 2.24. The first-order valence-corrected chi connectivity index (χ1v) is 5.03. The quantitative estimate of drug-likeness (QED) is 0.615. The topological polar surface area (TPSA) is 52.0 Å². The molecule has 0 radical (unpaired) electrons. The molecule has 1 saturated heterocycles. The molecule has 0 amide bonds. The van der Waals surface area contributed by atoms with Crippen LogP contribution in [0, 0.1) is 5.92 Å². The molecule has 0 aromatic rings. The van der Waals surface area contributed by atoms with Crippen LogP contribution in [0.5, 0.6) is 0 Å². The lowest BCUT2D eigenvalue weighted by atomic mass is 9.94. The zero-order valence-electron chi connectivity index (χ0n) is 6.25. The average Bonchev–Trinajstić information content (AvgIpc) is 2.05. The molecule has 1 unspecified atom stereocenters. The standard InChI is InChI=1S/C7H16N2S/c8-5-7(9)6-1-3-10-4-2-6/h6-7H,1-5,8-9H2. The van der Waals surface area contributed by atoms with E-state index in [1.54, 1.807) is 0 Å². The first-order valence-electron chi connectivity index (χ1n) is 3.88. The van der Waals surface area contributed by atoms with Crippen molar-refractivity contribution in [1.29, 1.82) is 0 Å². The summed E-state index contributed by atoms with van der Waals surface area (Å²) in [6, 6.07) is 0.251. The Morgan fingerprint density at radius 3 is 2.50 bits per heavy atom. The molecule has 0 aromatic carbocycles. The monoisotopic (exact) mass is 160 g/mol. The first-order chi connectivity index (χ1) is 4.84. The van der Waals surface area contributed by atoms with Gasteiger partial charge in [0, 0.05) is 12.6 Å². The average molecular weight is 160 g/mol. The molecule has 0 saturated carbocycles. The van der Waals surface area contributed by atoms with Crippen LogP contribution in [0.3, 0.4) is 0 Å². The van der Waals surface area contributed by atoms with Crippen molar-refractivity contribution in [2.75, 3.05) is 18.1 Å². The molecule has 1 rings (SSSR count). The van der Waals surface area contributed by atoms with Crippen molar-refractivity contribution in [3.05, 3.63) is 0 Å². The minimum absolute atomic E-state index is 0.251. The summed E-state index contributed by atoms with van der Waals surface area (Å²) in [6.07, 6.45) is 2.53. The van der Waals surface area contributed by atoms with E-state index < -0.39 is 0 Å². The van der Waals surface area contributed by atoms with E-state index in [0.717, 1.165) is 0 Å². The predicted octanol–water partition coefficient (Wildman–Crippen LogP) is 0.416. The Hall–Kier alpha value is 0.270. The fourth-order valence-electron chi connectivity index (χ4n) is 1.34. The molecule has 0 bridgehead atoms. The van der Waals surface area contributed by atoms with Crippen molar-refractivity contribution < 1.29 is 0 Å². The van der Waals surface area contributed by atoms with Gasteiger partial charge in [0.15, 0.2) is 0 Å². The summed E-state index contributed by atoms with van der Waals surface area (Å²) in [5.41, 5.74) is 11.3. The van der Waals surface area contributed by atoms with E-state index in [-0.39, 0.29) is 6.04 Å². The maximum absolute atomic E-state index is 5.81. The molecule has 3 heteroatoms. The Bertz CT molecular complexity index is 91.6. The molecule has 60 valence electrons. The van der Waals surface area contributed by atoms with Crippen LogP contribution in [0.4, 0.5) is 0 Å². The normalized spacial score (nSPS) is 24.6. The fraction of sp³-hybridized carbons (Fsp3) is 1.00. The van der Waals surface area contributed by atoms with Gasteiger partial charge < -0.3 is 11.5 Å². The summed E-state index contributed by atoms with van der Waals surface area (Å²) in [5.74, 6) is 3.25. The second-order valence-corrected chi connectivity index (χ2v) is 4.07. The lowest BCUT2D eigenvalue weighted by molar-refractivity contribution is 0.399. The van der Waals surface area contributed by atoms with Gasteiger partial charge in [-0.3, -0.25) is 0 Å². The second-order valence-electron chi connectivity index (χ2n) is 2.85. The molecule has 1 heterocycles. The van der Waals surface area contributed by atoms with Crippen LogP contribution < -0.4 is 11.5 Å². The van der Waals surface area contributed by atoms with Crippen LogP contribution >= 0.6 is 11.8 Å². The molecule has 0 spiro atoms. The van der Waals surface area contributed by atoms with E-state index in [4.69, 9.17) is 11.5 Å². The third-order valence-electron chi connectivity index (χ3n) is 2.14. The van der Waals surface area contributed by atoms with Crippen LogP contribution in [-0.4, -0.2) is 24.1 Å². The Kier molecular flexibility index (Phi) is 3.52. The highest BCUT2D eigenvalue weighted by Gasteiger charge is 2.18. The van der Waals surface area contributed by atoms with Gasteiger partial charge in [0.05, 0.1) is 0 Å². The highest BCUT2D eigenvalue weighted by molar-refractivity contribution is 7.99.